The Labute approximate surface area is 188 Å². The highest BCUT2D eigenvalue weighted by Gasteiger charge is 2.40. The second-order valence-electron chi connectivity index (χ2n) is 8.49. The van der Waals surface area contributed by atoms with E-state index in [1.165, 1.54) is 19.6 Å². The Hall–Kier alpha value is -2.25. The molecule has 2 aliphatic carbocycles. The van der Waals surface area contributed by atoms with Crippen LogP contribution in [0.25, 0.3) is 0 Å². The van der Waals surface area contributed by atoms with E-state index in [2.05, 4.69) is 5.32 Å². The molecule has 2 aliphatic rings. The number of benzene rings is 2. The van der Waals surface area contributed by atoms with Crippen molar-refractivity contribution in [3.63, 3.8) is 0 Å². The summed E-state index contributed by atoms with van der Waals surface area (Å²) >= 11 is 6.26. The highest BCUT2D eigenvalue weighted by atomic mass is 35.5. The Bertz CT molecular complexity index is 1070. The van der Waals surface area contributed by atoms with E-state index >= 15 is 0 Å². The van der Waals surface area contributed by atoms with Crippen molar-refractivity contribution in [1.29, 1.82) is 0 Å². The van der Waals surface area contributed by atoms with Crippen molar-refractivity contribution in [1.82, 2.24) is 5.32 Å². The maximum atomic E-state index is 13.5. The first-order valence-electron chi connectivity index (χ1n) is 10.5. The van der Waals surface area contributed by atoms with Crippen LogP contribution in [0.3, 0.4) is 0 Å². The number of hydrogen-bond donors (Lipinski definition) is 1. The average molecular weight is 463 g/mol. The SMILES string of the molecule is COc1ccc(N(CC(=O)N[C@@H]2C[C@@H]3CC[C@@H]2C3)S(=O)(=O)c2ccc(C)cc2)cc1Cl. The van der Waals surface area contributed by atoms with Gasteiger partial charge in [-0.2, -0.15) is 0 Å². The van der Waals surface area contributed by atoms with E-state index in [4.69, 9.17) is 16.3 Å². The van der Waals surface area contributed by atoms with Crippen molar-refractivity contribution in [3.05, 3.63) is 53.1 Å². The predicted octanol–water partition coefficient (Wildman–Crippen LogP) is 4.16. The summed E-state index contributed by atoms with van der Waals surface area (Å²) in [4.78, 5) is 13.0. The molecule has 3 atom stereocenters. The van der Waals surface area contributed by atoms with E-state index in [0.717, 1.165) is 29.1 Å². The van der Waals surface area contributed by atoms with Crippen molar-refractivity contribution in [3.8, 4) is 5.75 Å². The second kappa shape index (κ2) is 8.71. The van der Waals surface area contributed by atoms with Crippen LogP contribution in [-0.4, -0.2) is 34.0 Å². The fraction of sp³-hybridized carbons (Fsp3) is 0.435. The molecule has 0 aromatic heterocycles. The van der Waals surface area contributed by atoms with E-state index in [1.54, 1.807) is 36.4 Å². The molecular formula is C23H27ClN2O4S. The molecule has 2 bridgehead atoms. The Morgan fingerprint density at radius 2 is 1.90 bits per heavy atom. The molecule has 166 valence electrons. The summed E-state index contributed by atoms with van der Waals surface area (Å²) in [7, 11) is -2.48. The summed E-state index contributed by atoms with van der Waals surface area (Å²) < 4.78 is 33.3. The van der Waals surface area contributed by atoms with E-state index in [0.29, 0.717) is 23.3 Å². The number of ether oxygens (including phenoxy) is 1. The third-order valence-electron chi connectivity index (χ3n) is 6.40. The average Bonchev–Trinajstić information content (AvgIpc) is 3.35. The van der Waals surface area contributed by atoms with Crippen LogP contribution in [0.4, 0.5) is 5.69 Å². The summed E-state index contributed by atoms with van der Waals surface area (Å²) in [5, 5.41) is 3.35. The number of sulfonamides is 1. The van der Waals surface area contributed by atoms with Gasteiger partial charge in [0.2, 0.25) is 5.91 Å². The third kappa shape index (κ3) is 4.53. The molecule has 0 aliphatic heterocycles. The van der Waals surface area contributed by atoms with Crippen LogP contribution < -0.4 is 14.4 Å². The lowest BCUT2D eigenvalue weighted by atomic mass is 9.95. The lowest BCUT2D eigenvalue weighted by molar-refractivity contribution is -0.120. The molecule has 2 saturated carbocycles. The lowest BCUT2D eigenvalue weighted by Crippen LogP contribution is -2.46. The number of amides is 1. The van der Waals surface area contributed by atoms with Gasteiger partial charge in [-0.3, -0.25) is 9.10 Å². The fourth-order valence-electron chi connectivity index (χ4n) is 4.77. The second-order valence-corrected chi connectivity index (χ2v) is 10.8. The summed E-state index contributed by atoms with van der Waals surface area (Å²) in [6, 6.07) is 11.4. The number of fused-ring (bicyclic) bond motifs is 2. The number of nitrogens with zero attached hydrogens (tertiary/aromatic N) is 1. The first kappa shape index (κ1) is 22.0. The third-order valence-corrected chi connectivity index (χ3v) is 8.49. The smallest absolute Gasteiger partial charge is 0.264 e. The number of nitrogens with one attached hydrogen (secondary N) is 1. The highest BCUT2D eigenvalue weighted by Crippen LogP contribution is 2.44. The van der Waals surface area contributed by atoms with Crippen LogP contribution in [-0.2, 0) is 14.8 Å². The molecular weight excluding hydrogens is 436 g/mol. The first-order valence-corrected chi connectivity index (χ1v) is 12.3. The molecule has 1 amide bonds. The normalized spacial score (nSPS) is 22.4. The number of methoxy groups -OCH3 is 1. The molecule has 0 spiro atoms. The zero-order valence-electron chi connectivity index (χ0n) is 17.7. The van der Waals surface area contributed by atoms with Gasteiger partial charge in [0, 0.05) is 6.04 Å². The van der Waals surface area contributed by atoms with Crippen molar-refractivity contribution in [2.75, 3.05) is 18.0 Å². The van der Waals surface area contributed by atoms with E-state index in [-0.39, 0.29) is 28.4 Å². The Kier molecular flexibility index (Phi) is 6.17. The number of anilines is 1. The number of hydrogen-bond acceptors (Lipinski definition) is 4. The predicted molar refractivity (Wildman–Crippen MR) is 121 cm³/mol. The standard InChI is InChI=1S/C23H27ClN2O4S/c1-15-3-8-19(9-4-15)31(28,29)26(18-7-10-22(30-2)20(24)13-18)14-23(27)25-21-12-16-5-6-17(21)11-16/h3-4,7-10,13,16-17,21H,5-6,11-12,14H2,1-2H3,(H,25,27)/t16-,17-,21-/m1/s1. The molecule has 1 N–H and O–H groups in total. The van der Waals surface area contributed by atoms with Crippen LogP contribution in [0.1, 0.15) is 31.2 Å². The number of halogens is 1. The van der Waals surface area contributed by atoms with Crippen LogP contribution in [0.15, 0.2) is 47.4 Å². The summed E-state index contributed by atoms with van der Waals surface area (Å²) in [5.74, 6) is 1.32. The van der Waals surface area contributed by atoms with Gasteiger partial charge in [0.1, 0.15) is 12.3 Å². The van der Waals surface area contributed by atoms with E-state index in [9.17, 15) is 13.2 Å². The molecule has 6 nitrogen and oxygen atoms in total. The van der Waals surface area contributed by atoms with Gasteiger partial charge >= 0.3 is 0 Å². The fourth-order valence-corrected chi connectivity index (χ4v) is 6.43. The van der Waals surface area contributed by atoms with Crippen molar-refractivity contribution in [2.45, 2.75) is 43.5 Å². The molecule has 2 aromatic carbocycles. The molecule has 31 heavy (non-hydrogen) atoms. The van der Waals surface area contributed by atoms with Gasteiger partial charge in [0.15, 0.2) is 0 Å². The molecule has 0 unspecified atom stereocenters. The molecule has 0 radical (unpaired) electrons. The van der Waals surface area contributed by atoms with Crippen LogP contribution >= 0.6 is 11.6 Å². The number of aryl methyl sites for hydroxylation is 1. The minimum Gasteiger partial charge on any atom is -0.495 e. The quantitative estimate of drug-likeness (QED) is 0.670. The molecule has 0 saturated heterocycles. The van der Waals surface area contributed by atoms with Crippen molar-refractivity contribution >= 4 is 33.2 Å². The topological polar surface area (TPSA) is 75.7 Å². The van der Waals surface area contributed by atoms with E-state index < -0.39 is 10.0 Å². The van der Waals surface area contributed by atoms with Crippen molar-refractivity contribution in [2.24, 2.45) is 11.8 Å². The Morgan fingerprint density at radius 1 is 1.16 bits per heavy atom. The van der Waals surface area contributed by atoms with Crippen LogP contribution in [0.2, 0.25) is 5.02 Å². The maximum absolute atomic E-state index is 13.5. The van der Waals surface area contributed by atoms with Gasteiger partial charge in [-0.15, -0.1) is 0 Å². The monoisotopic (exact) mass is 462 g/mol. The number of carbonyl (C=O) groups is 1. The molecule has 2 aromatic rings. The van der Waals surface area contributed by atoms with Crippen molar-refractivity contribution < 1.29 is 17.9 Å². The van der Waals surface area contributed by atoms with E-state index in [1.807, 2.05) is 6.92 Å². The minimum atomic E-state index is -3.97. The van der Waals surface area contributed by atoms with Gasteiger partial charge in [-0.05, 0) is 68.4 Å². The molecule has 2 fully saturated rings. The molecule has 8 heteroatoms. The van der Waals surface area contributed by atoms with Crippen LogP contribution in [0.5, 0.6) is 5.75 Å². The van der Waals surface area contributed by atoms with Gasteiger partial charge in [-0.1, -0.05) is 35.7 Å². The summed E-state index contributed by atoms with van der Waals surface area (Å²) in [6.07, 6.45) is 4.50. The van der Waals surface area contributed by atoms with Gasteiger partial charge in [-0.25, -0.2) is 8.42 Å². The molecule has 0 heterocycles. The van der Waals surface area contributed by atoms with Crippen LogP contribution in [0, 0.1) is 18.8 Å². The zero-order valence-corrected chi connectivity index (χ0v) is 19.2. The maximum Gasteiger partial charge on any atom is 0.264 e. The Balaban J connectivity index is 1.62. The number of carbonyl (C=O) groups excluding carboxylic acids is 1. The minimum absolute atomic E-state index is 0.123. The largest absolute Gasteiger partial charge is 0.495 e. The first-order chi connectivity index (χ1) is 14.8. The molecule has 4 rings (SSSR count). The number of rotatable bonds is 7. The van der Waals surface area contributed by atoms with Gasteiger partial charge < -0.3 is 10.1 Å². The van der Waals surface area contributed by atoms with Gasteiger partial charge in [0.25, 0.3) is 10.0 Å². The highest BCUT2D eigenvalue weighted by molar-refractivity contribution is 7.92. The summed E-state index contributed by atoms with van der Waals surface area (Å²) in [6.45, 7) is 1.58. The lowest BCUT2D eigenvalue weighted by Gasteiger charge is -2.27. The zero-order chi connectivity index (χ0) is 22.2. The van der Waals surface area contributed by atoms with Gasteiger partial charge in [0.05, 0.1) is 22.7 Å². The summed E-state index contributed by atoms with van der Waals surface area (Å²) in [5.41, 5.74) is 1.27. The Morgan fingerprint density at radius 3 is 2.48 bits per heavy atom.